The van der Waals surface area contributed by atoms with Gasteiger partial charge in [-0.1, -0.05) is 0 Å². The first-order chi connectivity index (χ1) is 36.1. The van der Waals surface area contributed by atoms with Crippen LogP contribution in [0.1, 0.15) is 59.4 Å². The third-order valence-electron chi connectivity index (χ3n) is 11.6. The average molecular weight is 1040 g/mol. The molecule has 4 amide bonds. The summed E-state index contributed by atoms with van der Waals surface area (Å²) in [6, 6.07) is 23.2. The van der Waals surface area contributed by atoms with Crippen LogP contribution in [-0.2, 0) is 23.7 Å². The van der Waals surface area contributed by atoms with Gasteiger partial charge in [-0.25, -0.2) is 9.37 Å². The summed E-state index contributed by atoms with van der Waals surface area (Å²) < 4.78 is 95.1. The van der Waals surface area contributed by atoms with Crippen LogP contribution in [0.2, 0.25) is 0 Å². The summed E-state index contributed by atoms with van der Waals surface area (Å²) in [5, 5.41) is 10.3. The number of nitrogens with one attached hydrogen (secondary N) is 4. The lowest BCUT2D eigenvalue weighted by atomic mass is 9.95. The van der Waals surface area contributed by atoms with Crippen molar-refractivity contribution in [3.63, 3.8) is 0 Å². The second-order valence-corrected chi connectivity index (χ2v) is 17.3. The number of hydrogen-bond donors (Lipinski definition) is 4. The van der Waals surface area contributed by atoms with Gasteiger partial charge in [0.25, 0.3) is 17.7 Å². The first kappa shape index (κ1) is 53.0. The number of carbonyl (C=O) groups excluding carboxylic acids is 4. The zero-order chi connectivity index (χ0) is 54.5. The first-order valence-electron chi connectivity index (χ1n) is 22.8. The molecular weight excluding hydrogens is 1000 g/mol. The lowest BCUT2D eigenvalue weighted by molar-refractivity contribution is -0.142. The molecule has 8 rings (SSSR count). The maximum absolute atomic E-state index is 15.2. The Labute approximate surface area is 428 Å². The summed E-state index contributed by atoms with van der Waals surface area (Å²) in [6.07, 6.45) is -1.96. The topological polar surface area (TPSA) is 197 Å². The van der Waals surface area contributed by atoms with E-state index in [0.29, 0.717) is 68.0 Å². The summed E-state index contributed by atoms with van der Waals surface area (Å²) in [5.74, 6) is -3.24. The second-order valence-electron chi connectivity index (χ2n) is 17.3. The number of alkyl halides is 6. The van der Waals surface area contributed by atoms with E-state index in [4.69, 9.17) is 0 Å². The van der Waals surface area contributed by atoms with Crippen LogP contribution in [0.5, 0.6) is 0 Å². The molecular formula is C54H42F7N11O4. The minimum Gasteiger partial charge on any atom is -0.354 e. The predicted molar refractivity (Wildman–Crippen MR) is 268 cm³/mol. The van der Waals surface area contributed by atoms with E-state index in [1.807, 2.05) is 18.2 Å². The number of anilines is 3. The molecule has 0 radical (unpaired) electrons. The minimum absolute atomic E-state index is 0.115. The quantitative estimate of drug-likeness (QED) is 0.0757. The summed E-state index contributed by atoms with van der Waals surface area (Å²) in [6.45, 7) is 3.50. The molecule has 6 aromatic heterocycles. The molecule has 0 unspecified atom stereocenters. The summed E-state index contributed by atoms with van der Waals surface area (Å²) in [7, 11) is 3.21. The highest BCUT2D eigenvalue weighted by molar-refractivity contribution is 6.05. The van der Waals surface area contributed by atoms with Crippen molar-refractivity contribution in [2.24, 2.45) is 0 Å². The van der Waals surface area contributed by atoms with E-state index in [1.54, 1.807) is 68.3 Å². The van der Waals surface area contributed by atoms with Crippen LogP contribution >= 0.6 is 0 Å². The number of rotatable bonds is 14. The monoisotopic (exact) mass is 1040 g/mol. The molecule has 76 heavy (non-hydrogen) atoms. The van der Waals surface area contributed by atoms with E-state index in [2.05, 4.69) is 51.2 Å². The molecule has 0 spiro atoms. The highest BCUT2D eigenvalue weighted by atomic mass is 19.4. The maximum atomic E-state index is 15.2. The Kier molecular flexibility index (Phi) is 15.4. The van der Waals surface area contributed by atoms with E-state index >= 15 is 4.39 Å². The van der Waals surface area contributed by atoms with E-state index in [0.717, 1.165) is 30.1 Å². The number of nitrogens with zero attached hydrogens (tertiary/aromatic N) is 7. The Morgan fingerprint density at radius 1 is 0.566 bits per heavy atom. The minimum atomic E-state index is -4.80. The van der Waals surface area contributed by atoms with Crippen LogP contribution in [0.4, 0.5) is 47.9 Å². The zero-order valence-corrected chi connectivity index (χ0v) is 40.5. The number of benzene rings is 2. The van der Waals surface area contributed by atoms with E-state index in [1.165, 1.54) is 44.0 Å². The molecule has 0 aliphatic rings. The molecule has 0 saturated carbocycles. The fourth-order valence-corrected chi connectivity index (χ4v) is 8.00. The summed E-state index contributed by atoms with van der Waals surface area (Å²) in [5.41, 5.74) is 3.23. The largest absolute Gasteiger partial charge is 0.433 e. The third kappa shape index (κ3) is 12.7. The van der Waals surface area contributed by atoms with Gasteiger partial charge in [0.05, 0.1) is 29.8 Å². The highest BCUT2D eigenvalue weighted by Gasteiger charge is 2.34. The van der Waals surface area contributed by atoms with E-state index in [9.17, 15) is 45.5 Å². The predicted octanol–water partition coefficient (Wildman–Crippen LogP) is 10.5. The molecule has 386 valence electrons. The molecule has 6 heterocycles. The Morgan fingerprint density at radius 2 is 1.18 bits per heavy atom. The fourth-order valence-electron chi connectivity index (χ4n) is 8.00. The van der Waals surface area contributed by atoms with Gasteiger partial charge in [0, 0.05) is 72.5 Å². The number of likely N-dealkylation sites (N-methyl/N-ethyl adjacent to an activating group) is 1. The Morgan fingerprint density at radius 3 is 1.87 bits per heavy atom. The van der Waals surface area contributed by atoms with Crippen LogP contribution in [0.3, 0.4) is 0 Å². The number of aromatic nitrogens is 6. The molecule has 4 N–H and O–H groups in total. The van der Waals surface area contributed by atoms with Gasteiger partial charge in [-0.3, -0.25) is 49.0 Å². The number of amides is 4. The lowest BCUT2D eigenvalue weighted by Crippen LogP contribution is -2.30. The standard InChI is InChI=1S/C54H42F7N11O4/c1-29-15-42(55)44(70-51(75)36-9-13-66-47(22-36)54(59,60)61)25-40(29)33-6-11-63-43(20-33)34-7-14-67-48(23-34)71-49(73)28-72(4)27-31-16-37(32-5-10-64-45(19-32)52(76)62-3)18-38(17-31)41-24-39(26-68-30(41)2)69-50(74)35-8-12-65-46(21-35)53(56,57)58/h5-26H,27-28H2,1-4H3,(H,62,76)(H,69,74)(H,70,75)(H,67,71,73). The third-order valence-corrected chi connectivity index (χ3v) is 11.6. The smallest absolute Gasteiger partial charge is 0.354 e. The molecule has 22 heteroatoms. The fraction of sp³-hybridized carbons (Fsp3) is 0.148. The SMILES string of the molecule is CNC(=O)c1cc(-c2cc(CN(C)CC(=O)Nc3cc(-c4cc(-c5cc(NC(=O)c6ccnc(C(F)(F)F)c6)c(F)cc5C)ccn4)ccn3)cc(-c3cc(NC(=O)c4ccnc(C(F)(F)F)c4)cnc3C)c2)ccn1. The molecule has 15 nitrogen and oxygen atoms in total. The number of halogens is 7. The number of carbonyl (C=O) groups is 4. The molecule has 0 fully saturated rings. The molecule has 0 atom stereocenters. The van der Waals surface area contributed by atoms with Gasteiger partial charge in [0.15, 0.2) is 0 Å². The Balaban J connectivity index is 0.996. The lowest BCUT2D eigenvalue weighted by Gasteiger charge is -2.19. The van der Waals surface area contributed by atoms with Gasteiger partial charge in [0.2, 0.25) is 5.91 Å². The van der Waals surface area contributed by atoms with Gasteiger partial charge < -0.3 is 21.3 Å². The maximum Gasteiger partial charge on any atom is 0.433 e. The van der Waals surface area contributed by atoms with Gasteiger partial charge in [-0.15, -0.1) is 0 Å². The molecule has 0 saturated heterocycles. The van der Waals surface area contributed by atoms with Crippen molar-refractivity contribution in [2.75, 3.05) is 36.6 Å². The van der Waals surface area contributed by atoms with E-state index < -0.39 is 53.2 Å². The first-order valence-corrected chi connectivity index (χ1v) is 22.8. The summed E-state index contributed by atoms with van der Waals surface area (Å²) in [4.78, 5) is 78.1. The van der Waals surface area contributed by atoms with Gasteiger partial charge in [-0.2, -0.15) is 26.3 Å². The van der Waals surface area contributed by atoms with Crippen LogP contribution in [-0.4, -0.2) is 79.1 Å². The number of hydrogen-bond acceptors (Lipinski definition) is 11. The van der Waals surface area contributed by atoms with Crippen LogP contribution in [0, 0.1) is 19.7 Å². The molecule has 2 aromatic carbocycles. The Bertz CT molecular complexity index is 3550. The molecule has 8 aromatic rings. The van der Waals surface area contributed by atoms with Crippen molar-refractivity contribution in [1.29, 1.82) is 0 Å². The Hall–Kier alpha value is -9.31. The van der Waals surface area contributed by atoms with Gasteiger partial charge in [0.1, 0.15) is 28.7 Å². The van der Waals surface area contributed by atoms with Crippen molar-refractivity contribution in [1.82, 2.24) is 40.1 Å². The van der Waals surface area contributed by atoms with Gasteiger partial charge in [-0.05, 0) is 157 Å². The van der Waals surface area contributed by atoms with Crippen molar-refractivity contribution in [3.8, 4) is 44.6 Å². The van der Waals surface area contributed by atoms with Crippen LogP contribution < -0.4 is 21.3 Å². The van der Waals surface area contributed by atoms with E-state index in [-0.39, 0.29) is 47.1 Å². The average Bonchev–Trinajstić information content (AvgIpc) is 3.39. The van der Waals surface area contributed by atoms with Crippen molar-refractivity contribution in [3.05, 3.63) is 185 Å². The second kappa shape index (κ2) is 22.0. The van der Waals surface area contributed by atoms with Gasteiger partial charge >= 0.3 is 12.4 Å². The summed E-state index contributed by atoms with van der Waals surface area (Å²) >= 11 is 0. The van der Waals surface area contributed by atoms with Crippen LogP contribution in [0.15, 0.2) is 134 Å². The highest BCUT2D eigenvalue weighted by Crippen LogP contribution is 2.35. The number of aryl methyl sites for hydroxylation is 2. The van der Waals surface area contributed by atoms with Crippen molar-refractivity contribution >= 4 is 40.8 Å². The molecule has 0 aliphatic heterocycles. The van der Waals surface area contributed by atoms with Crippen LogP contribution in [0.25, 0.3) is 44.6 Å². The van der Waals surface area contributed by atoms with Crippen molar-refractivity contribution < 1.29 is 49.9 Å². The number of pyridine rings is 6. The van der Waals surface area contributed by atoms with Crippen molar-refractivity contribution in [2.45, 2.75) is 32.7 Å². The molecule has 0 aliphatic carbocycles. The molecule has 0 bridgehead atoms. The normalized spacial score (nSPS) is 11.5. The zero-order valence-electron chi connectivity index (χ0n) is 40.5.